The molecule has 6 aromatic carbocycles. The summed E-state index contributed by atoms with van der Waals surface area (Å²) in [6, 6.07) is 63.5. The van der Waals surface area contributed by atoms with E-state index >= 15 is 0 Å². The van der Waals surface area contributed by atoms with Gasteiger partial charge in [0.1, 0.15) is 71.0 Å². The Hall–Kier alpha value is -9.74. The Balaban J connectivity index is 0.000000261. The number of hydrogen-bond donors (Lipinski definition) is 3. The van der Waals surface area contributed by atoms with E-state index < -0.39 is 7.26 Å². The van der Waals surface area contributed by atoms with Crippen LogP contribution in [0.2, 0.25) is 0 Å². The van der Waals surface area contributed by atoms with Crippen LogP contribution in [0.3, 0.4) is 0 Å². The fraction of sp³-hybridized carbons (Fsp3) is 0.385. The van der Waals surface area contributed by atoms with Crippen LogP contribution in [-0.2, 0) is 47.7 Å². The molecule has 19 atom stereocenters. The van der Waals surface area contributed by atoms with Gasteiger partial charge in [0.15, 0.2) is 6.35 Å². The van der Waals surface area contributed by atoms with Gasteiger partial charge in [-0.2, -0.15) is 11.1 Å². The number of pyridine rings is 3. The Morgan fingerprint density at radius 3 is 1.16 bits per heavy atom. The molecule has 18 rings (SSSR count). The van der Waals surface area contributed by atoms with E-state index in [1.54, 1.807) is 51.0 Å². The number of halogens is 5. The van der Waals surface area contributed by atoms with E-state index in [-0.39, 0.29) is 198 Å². The summed E-state index contributed by atoms with van der Waals surface area (Å²) in [7, 11) is 2.72. The standard InChI is InChI=1S/C28H30FNO3.C27H28FNO3.C26H26FNO3.C20H20OP.CH4O.2CH4.B.2ClH.H2N4.Na.H/c1-17-27-25(11-9-23-8-7-20(15-30-23)19-4-3-5-22(29)13-19)24-10-6-18(16-32-2)12-21(24)14-26(27)28(31)33-17;1-16-26-24(23-9-5-17(15-30)11-20(23)13-25(26)27(31)32-16)10-8-22-7-6-19(14-29-22)18-3-2-4-21(28)12-18;1-15-25-23(22-10-8-21(29)12-18(22)13-24(25)26(30)31-15)9-7-20-6-5-17(14-28-20)16-3-2-4-19(27)11-16;1-21-17-22(18-11-5-2-6-12-18,19-13-7-3-8-14-19)20-15-9-4-10-16-20;1-2;;;;;;1-3-4-2;;/h3-5,7-9,11,13,15-17,21,24-27H,6,10,12,14H2,1-2H3;2-4,6-8,10,12,14-17,20,23-26H,5,9,11,13H2,1H3;2-7,9,11,14-15,18,22-25H,8,10,12-13H2,1H3;2-16H,17H2,1H3;2H,1H3;2*1H4;;2*1H;1-2H;;/q;;;+1;;;;;;;;+1;-1/p-1/b11-9+,18-16?;10-8+;9-7+;;;;;;;;;;/t17-,21+,24-,25+,26-,27+;16-,17-,20+,23-,24+,25-,26+;15-,18+,22-,23+,24-,25+;;;;;;;;;;/m111........../s1. The molecule has 9 aliphatic rings. The van der Waals surface area contributed by atoms with Crippen LogP contribution < -0.4 is 57.9 Å². The molecule has 3 saturated heterocycles. The number of ether oxygens (including phenoxy) is 5. The Morgan fingerprint density at radius 2 is 0.831 bits per heavy atom. The zero-order chi connectivity index (χ0) is 87.4. The average Bonchev–Trinajstić information content (AvgIpc) is 1.43. The average molecular weight is 1840 g/mol. The second-order valence-electron chi connectivity index (χ2n) is 33.9. The molecule has 6 saturated carbocycles. The van der Waals surface area contributed by atoms with Crippen molar-refractivity contribution in [3.05, 3.63) is 283 Å². The minimum atomic E-state index is -1.78. The van der Waals surface area contributed by atoms with Crippen LogP contribution in [0.4, 0.5) is 13.2 Å². The number of cyclic esters (lactones) is 3. The fourth-order valence-electron chi connectivity index (χ4n) is 21.5. The summed E-state index contributed by atoms with van der Waals surface area (Å²) >= 11 is 0. The van der Waals surface area contributed by atoms with Crippen molar-refractivity contribution in [3.63, 3.8) is 0 Å². The molecule has 9 aromatic rings. The van der Waals surface area contributed by atoms with Gasteiger partial charge in [0.05, 0.1) is 48.2 Å². The molecule has 0 unspecified atom stereocenters. The summed E-state index contributed by atoms with van der Waals surface area (Å²) in [6.45, 7) is 6.03. The molecular weight excluding hydrogens is 1720 g/mol. The Bertz CT molecular complexity index is 5180. The van der Waals surface area contributed by atoms with Crippen molar-refractivity contribution in [3.8, 4) is 33.4 Å². The van der Waals surface area contributed by atoms with Crippen LogP contribution in [-0.4, -0.2) is 104 Å². The maximum Gasteiger partial charge on any atom is 1.00 e. The van der Waals surface area contributed by atoms with E-state index in [0.717, 1.165) is 128 Å². The van der Waals surface area contributed by atoms with E-state index in [0.29, 0.717) is 54.6 Å². The summed E-state index contributed by atoms with van der Waals surface area (Å²) in [4.78, 5) is 74.7. The number of hydrogen-bond acceptors (Lipinski definition) is 16. The topological polar surface area (TPSA) is 263 Å². The largest absolute Gasteiger partial charge is 1.00 e. The first-order valence-electron chi connectivity index (χ1n) is 43.1. The molecule has 3 N–H and O–H groups in total. The van der Waals surface area contributed by atoms with Crippen LogP contribution >= 0.6 is 19.7 Å². The number of nitrogens with one attached hydrogen (secondary N) is 2. The van der Waals surface area contributed by atoms with Crippen molar-refractivity contribution >= 4 is 92.2 Å². The van der Waals surface area contributed by atoms with E-state index in [4.69, 9.17) is 39.9 Å². The second kappa shape index (κ2) is 51.3. The molecule has 3 radical (unpaired) electrons. The molecule has 681 valence electrons. The number of benzene rings is 6. The SMILES string of the molecule is C.C.CO.COC=C1CC[C@@H]2[C@@H](C1)C[C@H]1C(=O)O[C@H](C)[C@H]1[C@H]2/C=C/c1ccc(-c2cccc(F)c2)cn1.COC[P+](c1ccccc1)(c1ccccc1)c1ccccc1.C[C@H]1OC(=O)[C@@H]2C[C@@H]3CC(=O)CC[C@H]3[C@H](/C=C/c3ccc(-c4cccc(F)c4)cn3)[C@H]12.C[C@H]1OC(=O)[C@@H]2C[C@@H]3C[C@H](C=O)CC[C@H]3[C@H](/C=C/c3ccc(-c4cccc(F)c4)cn3)[C@H]12.Cl.N=NN=N.[B].[Cl-].[H-].[Na+]. The number of aromatic nitrogens is 3. The number of aldehydes is 1. The monoisotopic (exact) mass is 1830 g/mol. The first-order chi connectivity index (χ1) is 60.3. The zero-order valence-electron chi connectivity index (χ0n) is 74.3. The van der Waals surface area contributed by atoms with E-state index in [2.05, 4.69) is 141 Å². The third-order valence-electron chi connectivity index (χ3n) is 26.9. The summed E-state index contributed by atoms with van der Waals surface area (Å²) < 4.78 is 68.5. The number of aliphatic hydroxyl groups excluding tert-OH is 1. The van der Waals surface area contributed by atoms with Crippen LogP contribution in [0.15, 0.2) is 259 Å². The number of rotatable bonds is 17. The van der Waals surface area contributed by atoms with Gasteiger partial charge in [0, 0.05) is 94.4 Å². The number of methoxy groups -OCH3 is 2. The molecule has 6 heterocycles. The molecular formula is C104H120BCl2F3N7NaO11P. The summed E-state index contributed by atoms with van der Waals surface area (Å²) in [6.07, 6.45) is 32.1. The van der Waals surface area contributed by atoms with E-state index in [9.17, 15) is 37.1 Å². The van der Waals surface area contributed by atoms with Gasteiger partial charge in [-0.1, -0.05) is 142 Å². The predicted molar refractivity (Wildman–Crippen MR) is 503 cm³/mol. The van der Waals surface area contributed by atoms with Crippen LogP contribution in [0.1, 0.15) is 131 Å². The number of esters is 3. The van der Waals surface area contributed by atoms with Gasteiger partial charge in [-0.3, -0.25) is 34.1 Å². The molecule has 26 heteroatoms. The number of fused-ring (bicyclic) bond motifs is 6. The van der Waals surface area contributed by atoms with Gasteiger partial charge in [-0.15, -0.1) is 12.4 Å². The normalized spacial score (nSPS) is 26.5. The van der Waals surface area contributed by atoms with Gasteiger partial charge < -0.3 is 47.4 Å². The molecule has 6 aliphatic carbocycles. The van der Waals surface area contributed by atoms with Gasteiger partial charge in [0.2, 0.25) is 0 Å². The third-order valence-corrected chi connectivity index (χ3v) is 31.1. The molecule has 0 spiro atoms. The molecule has 0 amide bonds. The van der Waals surface area contributed by atoms with Crippen molar-refractivity contribution in [2.45, 2.75) is 131 Å². The molecule has 9 fully saturated rings. The van der Waals surface area contributed by atoms with Crippen LogP contribution in [0.5, 0.6) is 0 Å². The van der Waals surface area contributed by atoms with Crippen LogP contribution in [0.25, 0.3) is 51.6 Å². The smallest absolute Gasteiger partial charge is 1.00 e. The van der Waals surface area contributed by atoms with E-state index in [1.165, 1.54) is 57.9 Å². The van der Waals surface area contributed by atoms with Crippen molar-refractivity contribution < 1.29 is 109 Å². The van der Waals surface area contributed by atoms with Crippen molar-refractivity contribution in [2.75, 3.05) is 27.7 Å². The van der Waals surface area contributed by atoms with Crippen molar-refractivity contribution in [1.29, 1.82) is 11.1 Å². The number of carbonyl (C=O) groups is 5. The Kier molecular flexibility index (Phi) is 42.4. The molecule has 3 aromatic heterocycles. The predicted octanol–water partition coefficient (Wildman–Crippen LogP) is 16.0. The third kappa shape index (κ3) is 25.6. The Morgan fingerprint density at radius 1 is 0.477 bits per heavy atom. The first kappa shape index (κ1) is 107. The number of aliphatic hydroxyl groups is 1. The molecule has 130 heavy (non-hydrogen) atoms. The van der Waals surface area contributed by atoms with Gasteiger partial charge in [-0.05, 0) is 280 Å². The van der Waals surface area contributed by atoms with E-state index in [1.807, 2.05) is 93.8 Å². The number of Topliss-reactive ketones (excluding diaryl/α,β-unsaturated/α-hetero) is 1. The number of nitrogens with zero attached hydrogens (tertiary/aromatic N) is 5. The van der Waals surface area contributed by atoms with Crippen LogP contribution in [0, 0.1) is 123 Å². The minimum absolute atomic E-state index is 0. The number of allylic oxidation sites excluding steroid dienone is 4. The molecule has 18 nitrogen and oxygen atoms in total. The zero-order valence-corrected chi connectivity index (χ0v) is 77.7. The van der Waals surface area contributed by atoms with Gasteiger partial charge >= 0.3 is 47.5 Å². The quantitative estimate of drug-likeness (QED) is 0.0112. The van der Waals surface area contributed by atoms with Crippen molar-refractivity contribution in [1.82, 2.24) is 15.0 Å². The van der Waals surface area contributed by atoms with Gasteiger partial charge in [-0.25, -0.2) is 13.2 Å². The Labute approximate surface area is 802 Å². The molecule has 0 bridgehead atoms. The minimum Gasteiger partial charge on any atom is -1.00 e. The number of carbonyl (C=O) groups excluding carboxylic acids is 5. The second-order valence-corrected chi connectivity index (χ2v) is 37.3. The molecule has 3 aliphatic heterocycles. The number of ketones is 1. The fourth-order valence-corrected chi connectivity index (χ4v) is 25.3. The summed E-state index contributed by atoms with van der Waals surface area (Å²) in [5.41, 5.74) is 20.3. The summed E-state index contributed by atoms with van der Waals surface area (Å²) in [5, 5.41) is 15.6. The maximum atomic E-state index is 13.6. The van der Waals surface area contributed by atoms with Gasteiger partial charge in [0.25, 0.3) is 0 Å². The van der Waals surface area contributed by atoms with Crippen molar-refractivity contribution in [2.24, 2.45) is 105 Å². The maximum absolute atomic E-state index is 13.6. The summed E-state index contributed by atoms with van der Waals surface area (Å²) in [5.74, 6) is 2.99. The first-order valence-corrected chi connectivity index (χ1v) is 45.0.